The van der Waals surface area contributed by atoms with E-state index >= 15 is 4.39 Å². The summed E-state index contributed by atoms with van der Waals surface area (Å²) in [6.45, 7) is 1.31. The van der Waals surface area contributed by atoms with E-state index in [1.54, 1.807) is 36.4 Å². The average molecular weight is 592 g/mol. The van der Waals surface area contributed by atoms with Crippen molar-refractivity contribution in [2.75, 3.05) is 11.9 Å². The lowest BCUT2D eigenvalue weighted by molar-refractivity contribution is -0.128. The van der Waals surface area contributed by atoms with Crippen molar-refractivity contribution in [2.24, 2.45) is 5.92 Å². The number of carboxylic acids is 1. The molecular weight excluding hydrogens is 568 g/mol. The molecular formula is C30H24Cl2FN5O3. The molecule has 1 aliphatic carbocycles. The van der Waals surface area contributed by atoms with E-state index in [0.717, 1.165) is 18.4 Å². The minimum Gasteiger partial charge on any atom is -0.478 e. The molecule has 0 unspecified atom stereocenters. The van der Waals surface area contributed by atoms with Crippen LogP contribution in [0.5, 0.6) is 0 Å². The Morgan fingerprint density at radius 3 is 2.73 bits per heavy atom. The number of nitrogens with one attached hydrogen (secondary N) is 1. The van der Waals surface area contributed by atoms with Gasteiger partial charge in [-0.1, -0.05) is 35.3 Å². The summed E-state index contributed by atoms with van der Waals surface area (Å²) in [5, 5.41) is 12.8. The lowest BCUT2D eigenvalue weighted by Gasteiger charge is -2.39. The second-order valence-electron chi connectivity index (χ2n) is 11.5. The number of amides is 1. The fraction of sp³-hybridized carbons (Fsp3) is 0.333. The fourth-order valence-electron chi connectivity index (χ4n) is 7.60. The molecule has 1 amide bonds. The van der Waals surface area contributed by atoms with Crippen molar-refractivity contribution < 1.29 is 19.1 Å². The fourth-order valence-corrected chi connectivity index (χ4v) is 7.93. The molecule has 2 aromatic carbocycles. The van der Waals surface area contributed by atoms with Crippen LogP contribution in [-0.4, -0.2) is 49.0 Å². The van der Waals surface area contributed by atoms with Crippen LogP contribution >= 0.6 is 23.2 Å². The number of anilines is 1. The van der Waals surface area contributed by atoms with Gasteiger partial charge in [-0.05, 0) is 67.1 Å². The molecule has 4 aromatic rings. The molecule has 1 saturated carbocycles. The smallest absolute Gasteiger partial charge is 0.335 e. The van der Waals surface area contributed by atoms with Crippen LogP contribution in [0, 0.1) is 11.7 Å². The van der Waals surface area contributed by atoms with E-state index < -0.39 is 23.2 Å². The zero-order chi connectivity index (χ0) is 28.2. The number of aromatic nitrogens is 3. The van der Waals surface area contributed by atoms with E-state index in [1.165, 1.54) is 6.07 Å². The van der Waals surface area contributed by atoms with Gasteiger partial charge in [-0.15, -0.1) is 0 Å². The van der Waals surface area contributed by atoms with Crippen molar-refractivity contribution in [2.45, 2.75) is 49.2 Å². The number of hydrogen-bond donors (Lipinski definition) is 2. The van der Waals surface area contributed by atoms with Crippen LogP contribution in [-0.2, 0) is 16.9 Å². The summed E-state index contributed by atoms with van der Waals surface area (Å²) in [5.41, 5.74) is 1.26. The third-order valence-electron chi connectivity index (χ3n) is 9.37. The summed E-state index contributed by atoms with van der Waals surface area (Å²) in [4.78, 5) is 37.9. The van der Waals surface area contributed by atoms with Gasteiger partial charge in [-0.2, -0.15) is 0 Å². The normalized spacial score (nSPS) is 26.7. The van der Waals surface area contributed by atoms with Crippen LogP contribution in [0.2, 0.25) is 10.2 Å². The molecule has 0 bridgehead atoms. The Labute approximate surface area is 244 Å². The largest absolute Gasteiger partial charge is 0.478 e. The predicted octanol–water partition coefficient (Wildman–Crippen LogP) is 5.79. The molecule has 208 valence electrons. The van der Waals surface area contributed by atoms with Crippen molar-refractivity contribution in [1.29, 1.82) is 0 Å². The van der Waals surface area contributed by atoms with E-state index in [9.17, 15) is 14.7 Å². The number of carbonyl (C=O) groups is 2. The Hall–Kier alpha value is -3.53. The molecule has 4 atom stereocenters. The zero-order valence-electron chi connectivity index (χ0n) is 21.7. The number of halogens is 3. The first-order valence-electron chi connectivity index (χ1n) is 13.7. The second kappa shape index (κ2) is 8.74. The maximum Gasteiger partial charge on any atom is 0.335 e. The van der Waals surface area contributed by atoms with Gasteiger partial charge in [-0.25, -0.2) is 19.2 Å². The number of carboxylic acid groups (broad SMARTS) is 1. The molecule has 1 saturated heterocycles. The lowest BCUT2D eigenvalue weighted by atomic mass is 9.70. The Morgan fingerprint density at radius 2 is 1.95 bits per heavy atom. The molecule has 4 aliphatic rings. The molecule has 2 N–H and O–H groups in total. The first kappa shape index (κ1) is 25.2. The van der Waals surface area contributed by atoms with Gasteiger partial charge in [0.1, 0.15) is 28.2 Å². The maximum absolute atomic E-state index is 16.1. The predicted molar refractivity (Wildman–Crippen MR) is 151 cm³/mol. The van der Waals surface area contributed by atoms with Gasteiger partial charge >= 0.3 is 5.97 Å². The van der Waals surface area contributed by atoms with Gasteiger partial charge in [0.05, 0.1) is 21.6 Å². The van der Waals surface area contributed by atoms with Crippen LogP contribution < -0.4 is 5.32 Å². The van der Waals surface area contributed by atoms with Crippen molar-refractivity contribution in [3.05, 3.63) is 87.0 Å². The van der Waals surface area contributed by atoms with Crippen molar-refractivity contribution in [1.82, 2.24) is 19.4 Å². The number of carbonyl (C=O) groups excluding carboxylic acids is 1. The number of benzene rings is 2. The van der Waals surface area contributed by atoms with Crippen molar-refractivity contribution in [3.8, 4) is 0 Å². The molecule has 8 nitrogen and oxygen atoms in total. The highest BCUT2D eigenvalue weighted by Gasteiger charge is 2.69. The van der Waals surface area contributed by atoms with E-state index in [-0.39, 0.29) is 33.6 Å². The van der Waals surface area contributed by atoms with Gasteiger partial charge in [0.15, 0.2) is 0 Å². The van der Waals surface area contributed by atoms with E-state index in [2.05, 4.69) is 19.8 Å². The van der Waals surface area contributed by atoms with E-state index in [1.807, 2.05) is 6.07 Å². The lowest BCUT2D eigenvalue weighted by Crippen LogP contribution is -2.53. The Balaban J connectivity index is 1.43. The van der Waals surface area contributed by atoms with Gasteiger partial charge in [0, 0.05) is 36.5 Å². The number of aromatic carboxylic acids is 1. The van der Waals surface area contributed by atoms with Crippen LogP contribution in [0.3, 0.4) is 0 Å². The molecule has 5 heterocycles. The monoisotopic (exact) mass is 591 g/mol. The molecule has 41 heavy (non-hydrogen) atoms. The van der Waals surface area contributed by atoms with Gasteiger partial charge in [0.2, 0.25) is 0 Å². The number of imidazole rings is 1. The zero-order valence-corrected chi connectivity index (χ0v) is 23.2. The second-order valence-corrected chi connectivity index (χ2v) is 12.3. The third kappa shape index (κ3) is 3.43. The first-order valence-corrected chi connectivity index (χ1v) is 14.5. The van der Waals surface area contributed by atoms with Crippen molar-refractivity contribution in [3.63, 3.8) is 0 Å². The minimum atomic E-state index is -1.27. The number of hydrogen-bond acceptors (Lipinski definition) is 5. The Bertz CT molecular complexity index is 1810. The number of likely N-dealkylation sites (tertiary alicyclic amines) is 1. The third-order valence-corrected chi connectivity index (χ3v) is 9.87. The molecule has 3 aliphatic heterocycles. The number of pyridine rings is 1. The quantitative estimate of drug-likeness (QED) is 0.291. The summed E-state index contributed by atoms with van der Waals surface area (Å²) >= 11 is 12.6. The van der Waals surface area contributed by atoms with Crippen LogP contribution in [0.4, 0.5) is 10.2 Å². The van der Waals surface area contributed by atoms with Gasteiger partial charge in [-0.3, -0.25) is 9.69 Å². The standard InChI is InChI=1S/C30H24Cl2FN5O3/c31-18-3-1-2-16(25(18)33)24-23-21(10-11-37-20-8-6-15(28(39)40)12-19(20)34-27(23)37)38(13-14-4-5-14)30(24)17-7-9-22(32)35-26(17)36-29(30)41/h1-3,6-9,12,14,21,23-24H,4-5,10-11,13H2,(H,39,40)(H,35,36,41)/t21-,23+,24-,30+/m0/s1. The maximum atomic E-state index is 16.1. The number of rotatable bonds is 4. The number of fused-ring (bicyclic) bond motifs is 7. The SMILES string of the molecule is O=C(O)c1ccc2c(c1)nc1n2CC[C@H]2[C@@H]1[C@H](c1cccc(Cl)c1F)[C@]1(C(=O)Nc3nc(Cl)ccc31)N2CC1CC1. The Kier molecular flexibility index (Phi) is 5.37. The summed E-state index contributed by atoms with van der Waals surface area (Å²) in [7, 11) is 0. The van der Waals surface area contributed by atoms with Gasteiger partial charge in [0.25, 0.3) is 5.91 Å². The molecule has 2 fully saturated rings. The molecule has 2 aromatic heterocycles. The summed E-state index contributed by atoms with van der Waals surface area (Å²) in [6, 6.07) is 13.2. The molecule has 11 heteroatoms. The van der Waals surface area contributed by atoms with Crippen molar-refractivity contribution >= 4 is 51.9 Å². The topological polar surface area (TPSA) is 100 Å². The summed E-state index contributed by atoms with van der Waals surface area (Å²) < 4.78 is 18.2. The highest BCUT2D eigenvalue weighted by atomic mass is 35.5. The number of nitrogens with zero attached hydrogens (tertiary/aromatic N) is 4. The first-order chi connectivity index (χ1) is 19.8. The van der Waals surface area contributed by atoms with Crippen LogP contribution in [0.15, 0.2) is 48.5 Å². The summed E-state index contributed by atoms with van der Waals surface area (Å²) in [6.07, 6.45) is 2.86. The van der Waals surface area contributed by atoms with E-state index in [0.29, 0.717) is 53.7 Å². The van der Waals surface area contributed by atoms with Crippen LogP contribution in [0.25, 0.3) is 11.0 Å². The molecule has 8 rings (SSSR count). The van der Waals surface area contributed by atoms with Crippen LogP contribution in [0.1, 0.15) is 58.4 Å². The summed E-state index contributed by atoms with van der Waals surface area (Å²) in [5.74, 6) is -1.40. The molecule has 1 spiro atoms. The highest BCUT2D eigenvalue weighted by molar-refractivity contribution is 6.31. The molecule has 0 radical (unpaired) electrons. The Morgan fingerprint density at radius 1 is 1.12 bits per heavy atom. The average Bonchev–Trinajstić information content (AvgIpc) is 3.53. The highest BCUT2D eigenvalue weighted by Crippen LogP contribution is 2.64. The van der Waals surface area contributed by atoms with E-state index in [4.69, 9.17) is 28.2 Å². The minimum absolute atomic E-state index is 0.0156. The van der Waals surface area contributed by atoms with Gasteiger partial charge < -0.3 is 15.0 Å². The number of aryl methyl sites for hydroxylation is 1.